The van der Waals surface area contributed by atoms with E-state index in [9.17, 15) is 18.4 Å². The maximum Gasteiger partial charge on any atom is 0.257 e. The predicted molar refractivity (Wildman–Crippen MR) is 106 cm³/mol. The quantitative estimate of drug-likeness (QED) is 0.696. The first-order valence-corrected chi connectivity index (χ1v) is 9.52. The van der Waals surface area contributed by atoms with Crippen molar-refractivity contribution in [2.24, 2.45) is 0 Å². The van der Waals surface area contributed by atoms with Crippen LogP contribution in [0.5, 0.6) is 0 Å². The summed E-state index contributed by atoms with van der Waals surface area (Å²) < 4.78 is 35.0. The average molecular weight is 416 g/mol. The highest BCUT2D eigenvalue weighted by Crippen LogP contribution is 2.34. The van der Waals surface area contributed by atoms with Gasteiger partial charge in [-0.15, -0.1) is 0 Å². The van der Waals surface area contributed by atoms with E-state index in [1.807, 2.05) is 20.8 Å². The van der Waals surface area contributed by atoms with Gasteiger partial charge in [-0.3, -0.25) is 14.3 Å². The van der Waals surface area contributed by atoms with Crippen LogP contribution in [0, 0.1) is 11.6 Å². The largest absolute Gasteiger partial charge is 0.373 e. The smallest absolute Gasteiger partial charge is 0.257 e. The summed E-state index contributed by atoms with van der Waals surface area (Å²) in [5, 5.41) is 4.56. The monoisotopic (exact) mass is 416 g/mol. The maximum atomic E-state index is 14.0. The molecule has 0 saturated heterocycles. The number of amides is 1. The second kappa shape index (κ2) is 7.02. The number of fused-ring (bicyclic) bond motifs is 3. The Bertz CT molecular complexity index is 1210. The lowest BCUT2D eigenvalue weighted by atomic mass is 9.95. The summed E-state index contributed by atoms with van der Waals surface area (Å²) in [7, 11) is 1.61. The van der Waals surface area contributed by atoms with Gasteiger partial charge in [0.2, 0.25) is 0 Å². The molecule has 1 atom stereocenters. The molecule has 1 N–H and O–H groups in total. The number of benzene rings is 1. The predicted octanol–water partition coefficient (Wildman–Crippen LogP) is 3.10. The number of halogens is 2. The third-order valence-corrected chi connectivity index (χ3v) is 5.34. The Hall–Kier alpha value is -3.07. The van der Waals surface area contributed by atoms with Gasteiger partial charge in [0.25, 0.3) is 11.5 Å². The summed E-state index contributed by atoms with van der Waals surface area (Å²) in [5.41, 5.74) is 0.570. The Morgan fingerprint density at radius 2 is 1.93 bits per heavy atom. The van der Waals surface area contributed by atoms with Gasteiger partial charge in [-0.25, -0.2) is 8.78 Å². The third kappa shape index (κ3) is 3.28. The molecule has 0 radical (unpaired) electrons. The molecule has 1 aliphatic heterocycles. The van der Waals surface area contributed by atoms with E-state index in [-0.39, 0.29) is 35.4 Å². The van der Waals surface area contributed by atoms with Crippen LogP contribution < -0.4 is 5.56 Å². The molecule has 0 spiro atoms. The minimum Gasteiger partial charge on any atom is -0.373 e. The summed E-state index contributed by atoms with van der Waals surface area (Å²) in [6.07, 6.45) is 3.16. The lowest BCUT2D eigenvalue weighted by Gasteiger charge is -2.33. The Balaban J connectivity index is 1.80. The highest BCUT2D eigenvalue weighted by molar-refractivity contribution is 5.94. The van der Waals surface area contributed by atoms with Crippen LogP contribution in [0.4, 0.5) is 8.78 Å². The van der Waals surface area contributed by atoms with Crippen LogP contribution in [-0.4, -0.2) is 39.2 Å². The number of hydrogen-bond donors (Lipinski definition) is 1. The highest BCUT2D eigenvalue weighted by atomic mass is 19.2. The molecule has 7 nitrogen and oxygen atoms in total. The molecular formula is C21H22F2N4O3. The van der Waals surface area contributed by atoms with Crippen LogP contribution in [0.3, 0.4) is 0 Å². The number of nitrogens with one attached hydrogen (secondary N) is 1. The number of ether oxygens (including phenoxy) is 1. The van der Waals surface area contributed by atoms with E-state index in [1.165, 1.54) is 11.1 Å². The Morgan fingerprint density at radius 1 is 1.27 bits per heavy atom. The number of rotatable bonds is 2. The van der Waals surface area contributed by atoms with E-state index in [1.54, 1.807) is 17.9 Å². The van der Waals surface area contributed by atoms with Crippen molar-refractivity contribution in [1.29, 1.82) is 0 Å². The van der Waals surface area contributed by atoms with Crippen LogP contribution >= 0.6 is 0 Å². The number of aromatic amines is 1. The number of nitrogens with zero attached hydrogens (tertiary/aromatic N) is 3. The molecule has 9 heteroatoms. The summed E-state index contributed by atoms with van der Waals surface area (Å²) >= 11 is 0. The normalized spacial score (nSPS) is 16.5. The molecule has 0 unspecified atom stereocenters. The van der Waals surface area contributed by atoms with Gasteiger partial charge >= 0.3 is 0 Å². The minimum atomic E-state index is -1.10. The fourth-order valence-electron chi connectivity index (χ4n) is 3.69. The summed E-state index contributed by atoms with van der Waals surface area (Å²) in [4.78, 5) is 29.6. The Morgan fingerprint density at radius 3 is 2.57 bits per heavy atom. The van der Waals surface area contributed by atoms with E-state index in [0.29, 0.717) is 16.8 Å². The van der Waals surface area contributed by atoms with E-state index in [4.69, 9.17) is 4.74 Å². The number of likely N-dealkylation sites (N-methyl/N-ethyl adjacent to an activating group) is 1. The van der Waals surface area contributed by atoms with Crippen molar-refractivity contribution in [2.45, 2.75) is 39.0 Å². The van der Waals surface area contributed by atoms with Crippen molar-refractivity contribution < 1.29 is 18.3 Å². The van der Waals surface area contributed by atoms with Crippen LogP contribution in [0.1, 0.15) is 48.4 Å². The molecule has 3 heterocycles. The number of H-pyrrole nitrogens is 1. The average Bonchev–Trinajstić information content (AvgIpc) is 3.18. The zero-order valence-corrected chi connectivity index (χ0v) is 17.1. The molecule has 1 aromatic carbocycles. The first-order chi connectivity index (χ1) is 14.1. The summed E-state index contributed by atoms with van der Waals surface area (Å²) in [5.74, 6) is -2.45. The fourth-order valence-corrected chi connectivity index (χ4v) is 3.69. The second-order valence-corrected chi connectivity index (χ2v) is 8.45. The first kappa shape index (κ1) is 20.2. The van der Waals surface area contributed by atoms with Crippen molar-refractivity contribution in [3.8, 4) is 0 Å². The fraction of sp³-hybridized carbons (Fsp3) is 0.381. The van der Waals surface area contributed by atoms with Crippen LogP contribution in [0.2, 0.25) is 0 Å². The lowest BCUT2D eigenvalue weighted by molar-refractivity contribution is 0.0335. The lowest BCUT2D eigenvalue weighted by Crippen LogP contribution is -2.37. The van der Waals surface area contributed by atoms with Crippen molar-refractivity contribution >= 4 is 16.7 Å². The molecule has 3 aromatic rings. The molecule has 1 amide bonds. The SMILES string of the molecule is CN(C(=O)c1cnn(C(C)(C)C)c1)[C@H]1COCc2[nH]c(=O)c3cc(F)c(F)cc3c21. The molecule has 158 valence electrons. The zero-order chi connectivity index (χ0) is 21.8. The van der Waals surface area contributed by atoms with Gasteiger partial charge in [0.05, 0.1) is 41.9 Å². The van der Waals surface area contributed by atoms with Gasteiger partial charge in [-0.2, -0.15) is 5.10 Å². The van der Waals surface area contributed by atoms with Crippen molar-refractivity contribution in [3.63, 3.8) is 0 Å². The Labute approximate surface area is 171 Å². The number of carbonyl (C=O) groups excluding carboxylic acids is 1. The Kier molecular flexibility index (Phi) is 4.73. The first-order valence-electron chi connectivity index (χ1n) is 9.52. The maximum absolute atomic E-state index is 14.0. The molecule has 0 aliphatic carbocycles. The van der Waals surface area contributed by atoms with E-state index < -0.39 is 23.2 Å². The number of carbonyl (C=O) groups is 1. The molecule has 30 heavy (non-hydrogen) atoms. The van der Waals surface area contributed by atoms with E-state index >= 15 is 0 Å². The van der Waals surface area contributed by atoms with Crippen LogP contribution in [-0.2, 0) is 16.9 Å². The second-order valence-electron chi connectivity index (χ2n) is 8.45. The third-order valence-electron chi connectivity index (χ3n) is 5.34. The zero-order valence-electron chi connectivity index (χ0n) is 17.1. The van der Waals surface area contributed by atoms with Crippen LogP contribution in [0.25, 0.3) is 10.8 Å². The summed E-state index contributed by atoms with van der Waals surface area (Å²) in [6, 6.07) is 1.29. The van der Waals surface area contributed by atoms with Gasteiger partial charge in [-0.1, -0.05) is 0 Å². The van der Waals surface area contributed by atoms with Gasteiger partial charge in [0, 0.05) is 24.5 Å². The van der Waals surface area contributed by atoms with Crippen LogP contribution in [0.15, 0.2) is 29.3 Å². The van der Waals surface area contributed by atoms with Gasteiger partial charge in [0.1, 0.15) is 0 Å². The van der Waals surface area contributed by atoms with Crippen molar-refractivity contribution in [3.05, 3.63) is 63.3 Å². The van der Waals surface area contributed by atoms with Crippen molar-refractivity contribution in [2.75, 3.05) is 13.7 Å². The molecule has 0 saturated carbocycles. The van der Waals surface area contributed by atoms with E-state index in [0.717, 1.165) is 12.1 Å². The molecule has 4 rings (SSSR count). The topological polar surface area (TPSA) is 80.2 Å². The van der Waals surface area contributed by atoms with Gasteiger partial charge < -0.3 is 14.6 Å². The molecule has 2 aromatic heterocycles. The number of hydrogen-bond acceptors (Lipinski definition) is 4. The van der Waals surface area contributed by atoms with Gasteiger partial charge in [-0.05, 0) is 38.3 Å². The molecule has 1 aliphatic rings. The summed E-state index contributed by atoms with van der Waals surface area (Å²) in [6.45, 7) is 6.18. The molecular weight excluding hydrogens is 394 g/mol. The van der Waals surface area contributed by atoms with E-state index in [2.05, 4.69) is 10.1 Å². The van der Waals surface area contributed by atoms with Crippen molar-refractivity contribution in [1.82, 2.24) is 19.7 Å². The highest BCUT2D eigenvalue weighted by Gasteiger charge is 2.32. The number of pyridine rings is 1. The standard InChI is InChI=1S/C21H22F2N4O3/c1-21(2,3)27-8-11(7-24-27)20(29)26(4)17-10-30-9-16-18(17)12-5-14(22)15(23)6-13(12)19(28)25-16/h5-8,17H,9-10H2,1-4H3,(H,25,28)/t17-/m0/s1. The molecule has 0 fully saturated rings. The minimum absolute atomic E-state index is 0.0287. The number of aromatic nitrogens is 3. The van der Waals surface area contributed by atoms with Gasteiger partial charge in [0.15, 0.2) is 11.6 Å². The molecule has 0 bridgehead atoms.